The van der Waals surface area contributed by atoms with Crippen molar-refractivity contribution in [3.8, 4) is 0 Å². The van der Waals surface area contributed by atoms with Crippen molar-refractivity contribution in [2.24, 2.45) is 16.3 Å². The molecule has 0 aliphatic rings. The number of oxime groups is 1. The van der Waals surface area contributed by atoms with Crippen LogP contribution in [0.25, 0.3) is 0 Å². The SMILES string of the molecule is CCN(CC(=O)NC)C(=O)C(CC)(CC)C(N)=NO. The summed E-state index contributed by atoms with van der Waals surface area (Å²) < 4.78 is 0. The average molecular weight is 272 g/mol. The van der Waals surface area contributed by atoms with Crippen LogP contribution >= 0.6 is 0 Å². The van der Waals surface area contributed by atoms with Crippen molar-refractivity contribution in [3.63, 3.8) is 0 Å². The zero-order chi connectivity index (χ0) is 15.1. The summed E-state index contributed by atoms with van der Waals surface area (Å²) in [5, 5.41) is 14.3. The quantitative estimate of drug-likeness (QED) is 0.265. The molecule has 7 heteroatoms. The van der Waals surface area contributed by atoms with Crippen molar-refractivity contribution in [2.75, 3.05) is 20.1 Å². The van der Waals surface area contributed by atoms with Gasteiger partial charge in [-0.2, -0.15) is 0 Å². The first-order chi connectivity index (χ1) is 8.93. The predicted molar refractivity (Wildman–Crippen MR) is 72.7 cm³/mol. The number of nitrogens with one attached hydrogen (secondary N) is 1. The lowest BCUT2D eigenvalue weighted by molar-refractivity contribution is -0.142. The number of carbonyl (C=O) groups is 2. The molecule has 0 rings (SSSR count). The Morgan fingerprint density at radius 2 is 1.84 bits per heavy atom. The Labute approximate surface area is 113 Å². The number of hydrogen-bond acceptors (Lipinski definition) is 4. The number of carbonyl (C=O) groups excluding carboxylic acids is 2. The molecule has 0 saturated heterocycles. The van der Waals surface area contributed by atoms with E-state index in [0.29, 0.717) is 19.4 Å². The van der Waals surface area contributed by atoms with Crippen LogP contribution < -0.4 is 11.1 Å². The molecular weight excluding hydrogens is 248 g/mol. The lowest BCUT2D eigenvalue weighted by Crippen LogP contribution is -2.52. The molecule has 0 aliphatic heterocycles. The molecule has 0 radical (unpaired) electrons. The highest BCUT2D eigenvalue weighted by atomic mass is 16.4. The highest BCUT2D eigenvalue weighted by molar-refractivity contribution is 6.07. The second-order valence-electron chi connectivity index (χ2n) is 4.27. The van der Waals surface area contributed by atoms with Gasteiger partial charge >= 0.3 is 0 Å². The van der Waals surface area contributed by atoms with Gasteiger partial charge in [0.25, 0.3) is 0 Å². The zero-order valence-electron chi connectivity index (χ0n) is 12.1. The Balaban J connectivity index is 5.33. The minimum Gasteiger partial charge on any atom is -0.409 e. The van der Waals surface area contributed by atoms with Gasteiger partial charge in [0.15, 0.2) is 5.84 Å². The standard InChI is InChI=1S/C12H24N4O3/c1-5-12(6-2,10(13)15-19)11(18)16(7-3)8-9(17)14-4/h19H,5-8H2,1-4H3,(H2,13,15)(H,14,17). The smallest absolute Gasteiger partial charge is 0.239 e. The maximum absolute atomic E-state index is 12.6. The largest absolute Gasteiger partial charge is 0.409 e. The number of nitrogens with zero attached hydrogens (tertiary/aromatic N) is 2. The lowest BCUT2D eigenvalue weighted by Gasteiger charge is -2.34. The van der Waals surface area contributed by atoms with Crippen LogP contribution in [0, 0.1) is 5.41 Å². The summed E-state index contributed by atoms with van der Waals surface area (Å²) in [5.74, 6) is -0.660. The number of rotatable bonds is 7. The fourth-order valence-electron chi connectivity index (χ4n) is 2.00. The van der Waals surface area contributed by atoms with Gasteiger partial charge in [-0.1, -0.05) is 19.0 Å². The summed E-state index contributed by atoms with van der Waals surface area (Å²) >= 11 is 0. The van der Waals surface area contributed by atoms with Gasteiger partial charge in [0.05, 0.1) is 6.54 Å². The molecule has 110 valence electrons. The average Bonchev–Trinajstić information content (AvgIpc) is 2.45. The first-order valence-electron chi connectivity index (χ1n) is 6.41. The minimum absolute atomic E-state index is 0.0354. The van der Waals surface area contributed by atoms with Gasteiger partial charge in [0.2, 0.25) is 11.8 Å². The van der Waals surface area contributed by atoms with Crippen LogP contribution in [-0.4, -0.2) is 47.9 Å². The summed E-state index contributed by atoms with van der Waals surface area (Å²) in [5.41, 5.74) is 4.63. The van der Waals surface area contributed by atoms with E-state index in [4.69, 9.17) is 10.9 Å². The molecule has 7 nitrogen and oxygen atoms in total. The molecule has 19 heavy (non-hydrogen) atoms. The minimum atomic E-state index is -1.06. The molecule has 4 N–H and O–H groups in total. The van der Waals surface area contributed by atoms with E-state index in [1.165, 1.54) is 11.9 Å². The monoisotopic (exact) mass is 272 g/mol. The van der Waals surface area contributed by atoms with Crippen LogP contribution in [0.4, 0.5) is 0 Å². The van der Waals surface area contributed by atoms with Crippen LogP contribution in [-0.2, 0) is 9.59 Å². The fourth-order valence-corrected chi connectivity index (χ4v) is 2.00. The molecule has 0 aromatic carbocycles. The molecule has 0 atom stereocenters. The van der Waals surface area contributed by atoms with Gasteiger partial charge in [-0.05, 0) is 19.8 Å². The van der Waals surface area contributed by atoms with Gasteiger partial charge in [-0.3, -0.25) is 9.59 Å². The van der Waals surface area contributed by atoms with Crippen LogP contribution in [0.5, 0.6) is 0 Å². The Kier molecular flexibility index (Phi) is 6.89. The summed E-state index contributed by atoms with van der Waals surface area (Å²) in [7, 11) is 1.51. The summed E-state index contributed by atoms with van der Waals surface area (Å²) in [6.07, 6.45) is 0.810. The van der Waals surface area contributed by atoms with Crippen molar-refractivity contribution in [3.05, 3.63) is 0 Å². The van der Waals surface area contributed by atoms with Crippen molar-refractivity contribution < 1.29 is 14.8 Å². The molecule has 0 aromatic rings. The van der Waals surface area contributed by atoms with Crippen molar-refractivity contribution in [1.82, 2.24) is 10.2 Å². The van der Waals surface area contributed by atoms with Crippen LogP contribution in [0.3, 0.4) is 0 Å². The normalized spacial score (nSPS) is 12.1. The Bertz CT molecular complexity index is 351. The number of nitrogens with two attached hydrogens (primary N) is 1. The number of hydrogen-bond donors (Lipinski definition) is 3. The second kappa shape index (κ2) is 7.60. The Morgan fingerprint density at radius 3 is 2.16 bits per heavy atom. The van der Waals surface area contributed by atoms with Crippen LogP contribution in [0.2, 0.25) is 0 Å². The van der Waals surface area contributed by atoms with E-state index in [9.17, 15) is 9.59 Å². The highest BCUT2D eigenvalue weighted by Gasteiger charge is 2.42. The van der Waals surface area contributed by atoms with E-state index in [1.807, 2.05) is 0 Å². The van der Waals surface area contributed by atoms with Gasteiger partial charge < -0.3 is 21.2 Å². The molecule has 0 heterocycles. The molecule has 0 saturated carbocycles. The Morgan fingerprint density at radius 1 is 1.32 bits per heavy atom. The molecule has 2 amide bonds. The third kappa shape index (κ3) is 3.59. The van der Waals surface area contributed by atoms with Gasteiger partial charge in [-0.25, -0.2) is 0 Å². The summed E-state index contributed by atoms with van der Waals surface area (Å²) in [6, 6.07) is 0. The lowest BCUT2D eigenvalue weighted by atomic mass is 9.79. The number of amidine groups is 1. The maximum Gasteiger partial charge on any atom is 0.239 e. The molecule has 0 bridgehead atoms. The molecule has 0 spiro atoms. The van der Waals surface area contributed by atoms with Gasteiger partial charge in [-0.15, -0.1) is 0 Å². The van der Waals surface area contributed by atoms with Crippen LogP contribution in [0.1, 0.15) is 33.6 Å². The van der Waals surface area contributed by atoms with Crippen molar-refractivity contribution in [1.29, 1.82) is 0 Å². The van der Waals surface area contributed by atoms with E-state index >= 15 is 0 Å². The Hall–Kier alpha value is -1.79. The van der Waals surface area contributed by atoms with E-state index in [0.717, 1.165) is 0 Å². The summed E-state index contributed by atoms with van der Waals surface area (Å²) in [6.45, 7) is 5.72. The molecule has 0 aromatic heterocycles. The van der Waals surface area contributed by atoms with Crippen molar-refractivity contribution >= 4 is 17.6 Å². The van der Waals surface area contributed by atoms with Crippen LogP contribution in [0.15, 0.2) is 5.16 Å². The van der Waals surface area contributed by atoms with Crippen molar-refractivity contribution in [2.45, 2.75) is 33.6 Å². The van der Waals surface area contributed by atoms with E-state index in [1.54, 1.807) is 20.8 Å². The van der Waals surface area contributed by atoms with E-state index < -0.39 is 5.41 Å². The molecular formula is C12H24N4O3. The maximum atomic E-state index is 12.6. The topological polar surface area (TPSA) is 108 Å². The first kappa shape index (κ1) is 17.2. The van der Waals surface area contributed by atoms with E-state index in [2.05, 4.69) is 10.5 Å². The molecule has 0 unspecified atom stereocenters. The third-order valence-electron chi connectivity index (χ3n) is 3.50. The number of amides is 2. The third-order valence-corrected chi connectivity index (χ3v) is 3.50. The van der Waals surface area contributed by atoms with E-state index in [-0.39, 0.29) is 24.2 Å². The zero-order valence-corrected chi connectivity index (χ0v) is 12.1. The first-order valence-corrected chi connectivity index (χ1v) is 6.41. The van der Waals surface area contributed by atoms with Gasteiger partial charge in [0, 0.05) is 13.6 Å². The van der Waals surface area contributed by atoms with Gasteiger partial charge in [0.1, 0.15) is 5.41 Å². The number of likely N-dealkylation sites (N-methyl/N-ethyl adjacent to an activating group) is 2. The molecule has 0 fully saturated rings. The predicted octanol–water partition coefficient (Wildman–Crippen LogP) is 0.134. The fraction of sp³-hybridized carbons (Fsp3) is 0.750. The highest BCUT2D eigenvalue weighted by Crippen LogP contribution is 2.29. The summed E-state index contributed by atoms with van der Waals surface area (Å²) in [4.78, 5) is 25.4. The second-order valence-corrected chi connectivity index (χ2v) is 4.27. The molecule has 0 aliphatic carbocycles.